The fraction of sp³-hybridized carbons (Fsp3) is 0.0909. The molecule has 0 spiro atoms. The van der Waals surface area contributed by atoms with Crippen molar-refractivity contribution in [3.05, 3.63) is 36.0 Å². The summed E-state index contributed by atoms with van der Waals surface area (Å²) in [6.45, 7) is 0. The van der Waals surface area contributed by atoms with Crippen LogP contribution in [0.25, 0.3) is 10.9 Å². The Bertz CT molecular complexity index is 688. The lowest BCUT2D eigenvalue weighted by atomic mass is 10.1. The maximum atomic E-state index is 10.8. The van der Waals surface area contributed by atoms with Gasteiger partial charge < -0.3 is 5.11 Å². The van der Waals surface area contributed by atoms with E-state index < -0.39 is 11.2 Å². The zero-order valence-corrected chi connectivity index (χ0v) is 9.72. The molecule has 3 rings (SSSR count). The Morgan fingerprint density at radius 1 is 1.39 bits per heavy atom. The van der Waals surface area contributed by atoms with Crippen LogP contribution in [0.5, 0.6) is 0 Å². The van der Waals surface area contributed by atoms with Crippen LogP contribution in [0.4, 0.5) is 10.5 Å². The lowest BCUT2D eigenvalue weighted by Crippen LogP contribution is -2.37. The van der Waals surface area contributed by atoms with Gasteiger partial charge in [0.05, 0.1) is 17.3 Å². The van der Waals surface area contributed by atoms with E-state index in [0.717, 1.165) is 5.39 Å². The molecule has 1 aliphatic rings. The van der Waals surface area contributed by atoms with E-state index in [0.29, 0.717) is 16.8 Å². The van der Waals surface area contributed by atoms with Crippen molar-refractivity contribution in [2.45, 2.75) is 5.12 Å². The molecule has 0 saturated heterocycles. The van der Waals surface area contributed by atoms with Crippen molar-refractivity contribution in [3.8, 4) is 0 Å². The highest BCUT2D eigenvalue weighted by Gasteiger charge is 2.40. The molecule has 1 aromatic heterocycles. The first kappa shape index (κ1) is 10.9. The Kier molecular flexibility index (Phi) is 2.21. The maximum absolute atomic E-state index is 10.8. The Morgan fingerprint density at radius 2 is 2.17 bits per heavy atom. The molecule has 2 aromatic rings. The third-order valence-corrected chi connectivity index (χ3v) is 3.01. The number of amides is 1. The quantitative estimate of drug-likeness (QED) is 0.612. The summed E-state index contributed by atoms with van der Waals surface area (Å²) in [5, 5.41) is 17.8. The summed E-state index contributed by atoms with van der Waals surface area (Å²) in [6, 6.07) is 7.27. The van der Waals surface area contributed by atoms with Crippen LogP contribution in [0.15, 0.2) is 40.7 Å². The molecular weight excluding hydrogens is 256 g/mol. The van der Waals surface area contributed by atoms with E-state index >= 15 is 0 Å². The van der Waals surface area contributed by atoms with Crippen LogP contribution in [-0.4, -0.2) is 16.2 Å². The van der Waals surface area contributed by atoms with E-state index in [1.54, 1.807) is 6.07 Å². The Morgan fingerprint density at radius 3 is 2.94 bits per heavy atom. The molecule has 1 atom stereocenters. The predicted octanol–water partition coefficient (Wildman–Crippen LogP) is 2.95. The van der Waals surface area contributed by atoms with Crippen LogP contribution in [0.3, 0.4) is 0 Å². The van der Waals surface area contributed by atoms with Crippen LogP contribution < -0.4 is 5.32 Å². The number of para-hydroxylation sites is 1. The molecule has 0 saturated carbocycles. The SMILES string of the molecule is O=C(O)NC1(Cl)N=Nc2cnc3ccccc3c21. The summed E-state index contributed by atoms with van der Waals surface area (Å²) in [6.07, 6.45) is 0.257. The second kappa shape index (κ2) is 3.64. The van der Waals surface area contributed by atoms with Gasteiger partial charge in [-0.2, -0.15) is 0 Å². The van der Waals surface area contributed by atoms with Crippen LogP contribution in [0.2, 0.25) is 0 Å². The van der Waals surface area contributed by atoms with Crippen molar-refractivity contribution in [2.75, 3.05) is 0 Å². The van der Waals surface area contributed by atoms with E-state index in [1.165, 1.54) is 6.20 Å². The normalized spacial score (nSPS) is 20.9. The van der Waals surface area contributed by atoms with Gasteiger partial charge in [0.2, 0.25) is 0 Å². The number of pyridine rings is 1. The lowest BCUT2D eigenvalue weighted by Gasteiger charge is -2.19. The number of hydrogen-bond acceptors (Lipinski definition) is 4. The second-order valence-corrected chi connectivity index (χ2v) is 4.33. The summed E-state index contributed by atoms with van der Waals surface area (Å²) < 4.78 is 0. The molecule has 1 aliphatic heterocycles. The van der Waals surface area contributed by atoms with Crippen LogP contribution in [0.1, 0.15) is 5.56 Å². The highest BCUT2D eigenvalue weighted by molar-refractivity contribution is 6.26. The number of azo groups is 1. The third-order valence-electron chi connectivity index (χ3n) is 2.65. The average molecular weight is 263 g/mol. The molecule has 0 fully saturated rings. The third kappa shape index (κ3) is 1.50. The number of hydrogen-bond donors (Lipinski definition) is 2. The van der Waals surface area contributed by atoms with E-state index in [4.69, 9.17) is 16.7 Å². The number of halogens is 1. The van der Waals surface area contributed by atoms with Gasteiger partial charge in [-0.1, -0.05) is 29.8 Å². The van der Waals surface area contributed by atoms with Gasteiger partial charge in [0, 0.05) is 5.39 Å². The minimum absolute atomic E-state index is 0.470. The first-order valence-electron chi connectivity index (χ1n) is 5.11. The van der Waals surface area contributed by atoms with Gasteiger partial charge >= 0.3 is 6.09 Å². The Hall–Kier alpha value is -2.21. The average Bonchev–Trinajstić information content (AvgIpc) is 2.66. The van der Waals surface area contributed by atoms with Crippen molar-refractivity contribution in [3.63, 3.8) is 0 Å². The van der Waals surface area contributed by atoms with E-state index in [-0.39, 0.29) is 0 Å². The standard InChI is InChI=1S/C11H7ClN4O2/c12-11(14-10(17)18)9-6-3-1-2-4-7(6)13-5-8(9)15-16-11/h1-5,14H,(H,17,18). The first-order chi connectivity index (χ1) is 8.60. The maximum Gasteiger partial charge on any atom is 0.407 e. The summed E-state index contributed by atoms with van der Waals surface area (Å²) in [4.78, 5) is 15.0. The monoisotopic (exact) mass is 262 g/mol. The molecule has 90 valence electrons. The minimum Gasteiger partial charge on any atom is -0.465 e. The van der Waals surface area contributed by atoms with Gasteiger partial charge in [0.1, 0.15) is 5.69 Å². The van der Waals surface area contributed by atoms with Crippen LogP contribution >= 0.6 is 11.6 Å². The fourth-order valence-electron chi connectivity index (χ4n) is 1.96. The predicted molar refractivity (Wildman–Crippen MR) is 65.0 cm³/mol. The molecular formula is C11H7ClN4O2. The molecule has 2 N–H and O–H groups in total. The van der Waals surface area contributed by atoms with Crippen molar-refractivity contribution in [1.82, 2.24) is 10.3 Å². The molecule has 18 heavy (non-hydrogen) atoms. The van der Waals surface area contributed by atoms with Gasteiger partial charge in [-0.05, 0) is 6.07 Å². The smallest absolute Gasteiger partial charge is 0.407 e. The Labute approximate surface area is 106 Å². The van der Waals surface area contributed by atoms with Gasteiger partial charge in [0.15, 0.2) is 0 Å². The molecule has 7 heteroatoms. The number of alkyl halides is 1. The molecule has 1 unspecified atom stereocenters. The number of carboxylic acid groups (broad SMARTS) is 1. The summed E-state index contributed by atoms with van der Waals surface area (Å²) in [7, 11) is 0. The number of aromatic nitrogens is 1. The second-order valence-electron chi connectivity index (χ2n) is 3.79. The minimum atomic E-state index is -1.58. The van der Waals surface area contributed by atoms with Gasteiger partial charge in [0.25, 0.3) is 5.12 Å². The number of benzene rings is 1. The van der Waals surface area contributed by atoms with Gasteiger partial charge in [-0.25, -0.2) is 4.79 Å². The zero-order valence-electron chi connectivity index (χ0n) is 8.96. The van der Waals surface area contributed by atoms with Gasteiger partial charge in [-0.3, -0.25) is 10.3 Å². The highest BCUT2D eigenvalue weighted by Crippen LogP contribution is 2.44. The van der Waals surface area contributed by atoms with E-state index in [1.807, 2.05) is 18.2 Å². The molecule has 0 radical (unpaired) electrons. The largest absolute Gasteiger partial charge is 0.465 e. The highest BCUT2D eigenvalue weighted by atomic mass is 35.5. The summed E-state index contributed by atoms with van der Waals surface area (Å²) >= 11 is 6.20. The summed E-state index contributed by atoms with van der Waals surface area (Å²) in [5.41, 5.74) is 1.69. The van der Waals surface area contributed by atoms with Crippen molar-refractivity contribution < 1.29 is 9.90 Å². The molecule has 1 amide bonds. The van der Waals surface area contributed by atoms with Gasteiger partial charge in [-0.15, -0.1) is 10.2 Å². The molecule has 0 aliphatic carbocycles. The number of carbonyl (C=O) groups is 1. The van der Waals surface area contributed by atoms with Crippen molar-refractivity contribution >= 4 is 34.3 Å². The molecule has 0 bridgehead atoms. The Balaban J connectivity index is 2.28. The first-order valence-corrected chi connectivity index (χ1v) is 5.49. The molecule has 2 heterocycles. The molecule has 1 aromatic carbocycles. The van der Waals surface area contributed by atoms with Crippen molar-refractivity contribution in [1.29, 1.82) is 0 Å². The molecule has 6 nitrogen and oxygen atoms in total. The lowest BCUT2D eigenvalue weighted by molar-refractivity contribution is 0.187. The fourth-order valence-corrected chi connectivity index (χ4v) is 2.27. The van der Waals surface area contributed by atoms with Crippen LogP contribution in [-0.2, 0) is 5.12 Å². The number of fused-ring (bicyclic) bond motifs is 3. The number of nitrogens with zero attached hydrogens (tertiary/aromatic N) is 3. The number of nitrogens with one attached hydrogen (secondary N) is 1. The zero-order chi connectivity index (χ0) is 12.8. The van der Waals surface area contributed by atoms with E-state index in [2.05, 4.69) is 20.5 Å². The van der Waals surface area contributed by atoms with E-state index in [9.17, 15) is 4.79 Å². The van der Waals surface area contributed by atoms with Crippen molar-refractivity contribution in [2.24, 2.45) is 10.2 Å². The summed E-state index contributed by atoms with van der Waals surface area (Å²) in [5.74, 6) is 0. The topological polar surface area (TPSA) is 86.9 Å². The van der Waals surface area contributed by atoms with Crippen LogP contribution in [0, 0.1) is 0 Å². The number of rotatable bonds is 1.